The molecular weight excluding hydrogens is 142 g/mol. The summed E-state index contributed by atoms with van der Waals surface area (Å²) in [6.45, 7) is 2.03. The van der Waals surface area contributed by atoms with E-state index in [-0.39, 0.29) is 12.5 Å². The first kappa shape index (κ1) is 10.2. The average Bonchev–Trinajstić information content (AvgIpc) is 1.86. The fourth-order valence-corrected chi connectivity index (χ4v) is 0.745. The Labute approximate surface area is 66.9 Å². The van der Waals surface area contributed by atoms with Gasteiger partial charge in [-0.25, -0.2) is 0 Å². The van der Waals surface area contributed by atoms with Gasteiger partial charge in [0.05, 0.1) is 6.42 Å². The molecular formula is C8H15NO2. The fourth-order valence-electron chi connectivity index (χ4n) is 0.745. The Morgan fingerprint density at radius 3 is 2.73 bits per heavy atom. The molecule has 1 atom stereocenters. The number of aliphatic carboxylic acids is 1. The molecule has 11 heavy (non-hydrogen) atoms. The molecule has 0 amide bonds. The van der Waals surface area contributed by atoms with Gasteiger partial charge in [0.2, 0.25) is 0 Å². The highest BCUT2D eigenvalue weighted by Gasteiger charge is 2.04. The molecule has 0 heterocycles. The van der Waals surface area contributed by atoms with Crippen LogP contribution in [-0.4, -0.2) is 17.1 Å². The monoisotopic (exact) mass is 157 g/mol. The third-order valence-corrected chi connectivity index (χ3v) is 1.28. The van der Waals surface area contributed by atoms with Crippen molar-refractivity contribution in [3.8, 4) is 0 Å². The molecule has 3 N–H and O–H groups in total. The van der Waals surface area contributed by atoms with E-state index in [1.807, 2.05) is 19.1 Å². The highest BCUT2D eigenvalue weighted by atomic mass is 16.4. The molecule has 3 nitrogen and oxygen atoms in total. The van der Waals surface area contributed by atoms with Crippen molar-refractivity contribution in [3.05, 3.63) is 12.2 Å². The third kappa shape index (κ3) is 7.06. The summed E-state index contributed by atoms with van der Waals surface area (Å²) in [4.78, 5) is 10.1. The van der Waals surface area contributed by atoms with E-state index in [0.717, 1.165) is 6.42 Å². The largest absolute Gasteiger partial charge is 0.481 e. The summed E-state index contributed by atoms with van der Waals surface area (Å²) in [5.41, 5.74) is 5.48. The van der Waals surface area contributed by atoms with Crippen LogP contribution >= 0.6 is 0 Å². The lowest BCUT2D eigenvalue weighted by Gasteiger charge is -2.03. The van der Waals surface area contributed by atoms with Gasteiger partial charge in [0, 0.05) is 6.04 Å². The minimum Gasteiger partial charge on any atom is -0.481 e. The van der Waals surface area contributed by atoms with Crippen LogP contribution in [-0.2, 0) is 4.79 Å². The van der Waals surface area contributed by atoms with Crippen LogP contribution in [0.5, 0.6) is 0 Å². The predicted molar refractivity (Wildman–Crippen MR) is 44.3 cm³/mol. The number of rotatable bonds is 5. The maximum atomic E-state index is 10.1. The zero-order chi connectivity index (χ0) is 8.69. The van der Waals surface area contributed by atoms with Crippen LogP contribution in [0.4, 0.5) is 0 Å². The Balaban J connectivity index is 3.44. The van der Waals surface area contributed by atoms with Gasteiger partial charge < -0.3 is 10.8 Å². The molecule has 0 aromatic rings. The Morgan fingerprint density at radius 2 is 2.27 bits per heavy atom. The first-order valence-electron chi connectivity index (χ1n) is 3.79. The Kier molecular flexibility index (Phi) is 5.47. The van der Waals surface area contributed by atoms with Crippen LogP contribution in [0, 0.1) is 0 Å². The van der Waals surface area contributed by atoms with E-state index in [1.165, 1.54) is 0 Å². The Hall–Kier alpha value is -0.830. The molecule has 0 saturated carbocycles. The molecule has 0 rings (SSSR count). The number of carboxylic acids is 1. The van der Waals surface area contributed by atoms with E-state index in [9.17, 15) is 4.79 Å². The standard InChI is InChI=1S/C8H15NO2/c1-2-3-4-5-7(9)6-8(10)11/h3-4,7H,2,5-6,9H2,1H3,(H,10,11)/b4-3-. The molecule has 0 aliphatic rings. The first-order valence-corrected chi connectivity index (χ1v) is 3.79. The second kappa shape index (κ2) is 5.92. The second-order valence-corrected chi connectivity index (χ2v) is 2.47. The quantitative estimate of drug-likeness (QED) is 0.588. The van der Waals surface area contributed by atoms with Crippen LogP contribution in [0.15, 0.2) is 12.2 Å². The first-order chi connectivity index (χ1) is 5.16. The summed E-state index contributed by atoms with van der Waals surface area (Å²) >= 11 is 0. The lowest BCUT2D eigenvalue weighted by Crippen LogP contribution is -2.22. The molecule has 0 spiro atoms. The van der Waals surface area contributed by atoms with Crippen molar-refractivity contribution in [3.63, 3.8) is 0 Å². The lowest BCUT2D eigenvalue weighted by molar-refractivity contribution is -0.137. The van der Waals surface area contributed by atoms with Crippen molar-refractivity contribution in [2.24, 2.45) is 5.73 Å². The van der Waals surface area contributed by atoms with Gasteiger partial charge >= 0.3 is 5.97 Å². The van der Waals surface area contributed by atoms with Gasteiger partial charge in [-0.2, -0.15) is 0 Å². The lowest BCUT2D eigenvalue weighted by atomic mass is 10.1. The fraction of sp³-hybridized carbons (Fsp3) is 0.625. The number of carboxylic acid groups (broad SMARTS) is 1. The van der Waals surface area contributed by atoms with Crippen molar-refractivity contribution < 1.29 is 9.90 Å². The van der Waals surface area contributed by atoms with E-state index in [1.54, 1.807) is 0 Å². The Morgan fingerprint density at radius 1 is 1.64 bits per heavy atom. The number of allylic oxidation sites excluding steroid dienone is 1. The molecule has 0 radical (unpaired) electrons. The van der Waals surface area contributed by atoms with Crippen LogP contribution in [0.1, 0.15) is 26.2 Å². The number of hydrogen-bond acceptors (Lipinski definition) is 2. The van der Waals surface area contributed by atoms with Crippen molar-refractivity contribution in [2.45, 2.75) is 32.2 Å². The Bertz CT molecular complexity index is 143. The van der Waals surface area contributed by atoms with Gasteiger partial charge in [0.15, 0.2) is 0 Å². The van der Waals surface area contributed by atoms with Crippen LogP contribution in [0.25, 0.3) is 0 Å². The van der Waals surface area contributed by atoms with E-state index in [4.69, 9.17) is 10.8 Å². The summed E-state index contributed by atoms with van der Waals surface area (Å²) in [6.07, 6.45) is 5.59. The summed E-state index contributed by atoms with van der Waals surface area (Å²) in [5.74, 6) is -0.831. The van der Waals surface area contributed by atoms with Crippen molar-refractivity contribution in [1.29, 1.82) is 0 Å². The highest BCUT2D eigenvalue weighted by Crippen LogP contribution is 1.96. The average molecular weight is 157 g/mol. The van der Waals surface area contributed by atoms with Gasteiger partial charge in [-0.3, -0.25) is 4.79 Å². The van der Waals surface area contributed by atoms with Crippen LogP contribution in [0.3, 0.4) is 0 Å². The number of nitrogens with two attached hydrogens (primary N) is 1. The van der Waals surface area contributed by atoms with Crippen LogP contribution in [0.2, 0.25) is 0 Å². The summed E-state index contributed by atoms with van der Waals surface area (Å²) in [6, 6.07) is -0.240. The minimum atomic E-state index is -0.831. The minimum absolute atomic E-state index is 0.0497. The maximum Gasteiger partial charge on any atom is 0.304 e. The molecule has 3 heteroatoms. The second-order valence-electron chi connectivity index (χ2n) is 2.47. The van der Waals surface area contributed by atoms with Gasteiger partial charge in [0.25, 0.3) is 0 Å². The van der Waals surface area contributed by atoms with Crippen molar-refractivity contribution >= 4 is 5.97 Å². The summed E-state index contributed by atoms with van der Waals surface area (Å²) in [5, 5.41) is 8.34. The SMILES string of the molecule is CC/C=C\CC(N)CC(=O)O. The number of hydrogen-bond donors (Lipinski definition) is 2. The van der Waals surface area contributed by atoms with E-state index >= 15 is 0 Å². The number of carbonyl (C=O) groups is 1. The maximum absolute atomic E-state index is 10.1. The smallest absolute Gasteiger partial charge is 0.304 e. The molecule has 0 aliphatic heterocycles. The molecule has 0 aliphatic carbocycles. The zero-order valence-electron chi connectivity index (χ0n) is 6.79. The van der Waals surface area contributed by atoms with Gasteiger partial charge in [0.1, 0.15) is 0 Å². The van der Waals surface area contributed by atoms with E-state index < -0.39 is 5.97 Å². The molecule has 0 aromatic carbocycles. The molecule has 0 aromatic heterocycles. The molecule has 64 valence electrons. The van der Waals surface area contributed by atoms with Crippen molar-refractivity contribution in [1.82, 2.24) is 0 Å². The van der Waals surface area contributed by atoms with Gasteiger partial charge in [-0.15, -0.1) is 0 Å². The molecule has 0 bridgehead atoms. The highest BCUT2D eigenvalue weighted by molar-refractivity contribution is 5.67. The normalized spacial score (nSPS) is 13.6. The predicted octanol–water partition coefficient (Wildman–Crippen LogP) is 1.14. The van der Waals surface area contributed by atoms with Gasteiger partial charge in [-0.1, -0.05) is 19.1 Å². The van der Waals surface area contributed by atoms with Crippen LogP contribution < -0.4 is 5.73 Å². The van der Waals surface area contributed by atoms with Crippen molar-refractivity contribution in [2.75, 3.05) is 0 Å². The molecule has 0 saturated heterocycles. The third-order valence-electron chi connectivity index (χ3n) is 1.28. The van der Waals surface area contributed by atoms with E-state index in [0.29, 0.717) is 6.42 Å². The summed E-state index contributed by atoms with van der Waals surface area (Å²) < 4.78 is 0. The molecule has 0 fully saturated rings. The molecule has 1 unspecified atom stereocenters. The summed E-state index contributed by atoms with van der Waals surface area (Å²) in [7, 11) is 0. The van der Waals surface area contributed by atoms with Gasteiger partial charge in [-0.05, 0) is 12.8 Å². The topological polar surface area (TPSA) is 63.3 Å². The zero-order valence-corrected chi connectivity index (χ0v) is 6.79. The van der Waals surface area contributed by atoms with E-state index in [2.05, 4.69) is 0 Å².